The van der Waals surface area contributed by atoms with E-state index in [0.29, 0.717) is 16.6 Å². The molecule has 0 aromatic carbocycles. The van der Waals surface area contributed by atoms with Gasteiger partial charge in [-0.3, -0.25) is 9.59 Å². The fraction of sp³-hybridized carbons (Fsp3) is 0.364. The van der Waals surface area contributed by atoms with Crippen LogP contribution in [0.5, 0.6) is 0 Å². The van der Waals surface area contributed by atoms with Gasteiger partial charge in [-0.05, 0) is 43.2 Å². The van der Waals surface area contributed by atoms with Crippen molar-refractivity contribution in [2.45, 2.75) is 26.6 Å². The lowest BCUT2D eigenvalue weighted by molar-refractivity contribution is -0.115. The van der Waals surface area contributed by atoms with Gasteiger partial charge in [-0.15, -0.1) is 11.3 Å². The molecule has 1 saturated heterocycles. The number of hydrogen-bond acceptors (Lipinski definition) is 6. The van der Waals surface area contributed by atoms with Crippen LogP contribution in [0.1, 0.15) is 30.1 Å². The molecule has 1 radical (unpaired) electrons. The van der Waals surface area contributed by atoms with Crippen molar-refractivity contribution in [1.29, 1.82) is 0 Å². The minimum Gasteiger partial charge on any atom is -0.402 e. The van der Waals surface area contributed by atoms with Crippen LogP contribution in [0, 0.1) is 5.92 Å². The van der Waals surface area contributed by atoms with E-state index in [0.717, 1.165) is 30.3 Å². The van der Waals surface area contributed by atoms with Crippen LogP contribution < -0.4 is 15.5 Å². The first-order chi connectivity index (χ1) is 15.5. The highest BCUT2D eigenvalue weighted by molar-refractivity contribution is 7.14. The Morgan fingerprint density at radius 1 is 1.25 bits per heavy atom. The molecule has 0 aliphatic carbocycles. The Kier molecular flexibility index (Phi) is 6.89. The zero-order chi connectivity index (χ0) is 22.5. The molecule has 1 atom stereocenters. The zero-order valence-electron chi connectivity index (χ0n) is 18.2. The van der Waals surface area contributed by atoms with Crippen LogP contribution in [-0.2, 0) is 4.79 Å². The van der Waals surface area contributed by atoms with Gasteiger partial charge in [-0.1, -0.05) is 19.8 Å². The average molecular weight is 449 g/mol. The molecule has 3 aromatic rings. The second-order valence-electron chi connectivity index (χ2n) is 7.95. The maximum Gasteiger partial charge on any atom is 0.253 e. The Morgan fingerprint density at radius 3 is 2.91 bits per heavy atom. The van der Waals surface area contributed by atoms with Crippen molar-refractivity contribution in [2.24, 2.45) is 5.92 Å². The molecule has 32 heavy (non-hydrogen) atoms. The van der Waals surface area contributed by atoms with Crippen molar-refractivity contribution in [3.05, 3.63) is 47.6 Å². The number of amides is 2. The van der Waals surface area contributed by atoms with Crippen LogP contribution in [0.25, 0.3) is 11.4 Å². The van der Waals surface area contributed by atoms with Crippen molar-refractivity contribution in [3.63, 3.8) is 0 Å². The maximum absolute atomic E-state index is 12.3. The number of hydrogen-bond donors (Lipinski definition) is 2. The predicted molar refractivity (Wildman–Crippen MR) is 128 cm³/mol. The monoisotopic (exact) mass is 449 g/mol. The first-order valence-corrected chi connectivity index (χ1v) is 11.6. The SMILES string of the molecule is C[B]n1ccc(C(=O)NCC(=O)Nc2nc(-c3cccc(N4CCCC(C)C4)n3)cs2)c1. The fourth-order valence-electron chi connectivity index (χ4n) is 3.72. The molecule has 0 spiro atoms. The number of carbonyl (C=O) groups is 2. The molecule has 165 valence electrons. The van der Waals surface area contributed by atoms with Crippen molar-refractivity contribution in [1.82, 2.24) is 19.8 Å². The van der Waals surface area contributed by atoms with Gasteiger partial charge in [0.15, 0.2) is 5.13 Å². The summed E-state index contributed by atoms with van der Waals surface area (Å²) in [6.07, 6.45) is 5.92. The number of thiazole rings is 1. The van der Waals surface area contributed by atoms with Gasteiger partial charge in [-0.2, -0.15) is 0 Å². The molecule has 4 heterocycles. The predicted octanol–water partition coefficient (Wildman–Crippen LogP) is 3.13. The number of piperidine rings is 1. The van der Waals surface area contributed by atoms with Gasteiger partial charge in [0.1, 0.15) is 11.5 Å². The van der Waals surface area contributed by atoms with Gasteiger partial charge < -0.3 is 20.0 Å². The summed E-state index contributed by atoms with van der Waals surface area (Å²) in [5.41, 5.74) is 2.00. The Labute approximate surface area is 192 Å². The summed E-state index contributed by atoms with van der Waals surface area (Å²) >= 11 is 1.33. The van der Waals surface area contributed by atoms with Crippen LogP contribution in [0.15, 0.2) is 42.0 Å². The highest BCUT2D eigenvalue weighted by Crippen LogP contribution is 2.27. The van der Waals surface area contributed by atoms with Gasteiger partial charge in [0.25, 0.3) is 5.91 Å². The first-order valence-electron chi connectivity index (χ1n) is 10.7. The van der Waals surface area contributed by atoms with Crippen LogP contribution in [0.2, 0.25) is 6.82 Å². The minimum atomic E-state index is -0.329. The standard InChI is InChI=1S/C22H26BN6O2S/c1-15-5-4-9-28(12-15)19-7-3-6-17(25-19)18-14-32-22(26-18)27-20(30)11-24-21(31)16-8-10-29(13-16)23-2/h3,6-8,10,13-15H,4-5,9,11-12H2,1-2H3,(H,24,31)(H,26,27,30). The first kappa shape index (κ1) is 22.1. The van der Waals surface area contributed by atoms with Crippen molar-refractivity contribution < 1.29 is 9.59 Å². The lowest BCUT2D eigenvalue weighted by Gasteiger charge is -2.32. The number of nitrogens with one attached hydrogen (secondary N) is 2. The summed E-state index contributed by atoms with van der Waals surface area (Å²) in [6, 6.07) is 7.66. The van der Waals surface area contributed by atoms with Crippen LogP contribution in [0.4, 0.5) is 10.9 Å². The maximum atomic E-state index is 12.3. The highest BCUT2D eigenvalue weighted by atomic mass is 32.1. The number of nitrogens with zero attached hydrogens (tertiary/aromatic N) is 4. The van der Waals surface area contributed by atoms with Crippen LogP contribution in [0.3, 0.4) is 0 Å². The van der Waals surface area contributed by atoms with Crippen LogP contribution in [-0.4, -0.2) is 53.3 Å². The molecule has 2 N–H and O–H groups in total. The molecule has 10 heteroatoms. The van der Waals surface area contributed by atoms with E-state index >= 15 is 0 Å². The molecule has 1 aliphatic heterocycles. The molecule has 1 aliphatic rings. The van der Waals surface area contributed by atoms with Gasteiger partial charge >= 0.3 is 0 Å². The lowest BCUT2D eigenvalue weighted by Crippen LogP contribution is -2.34. The Hall–Kier alpha value is -3.14. The number of rotatable bonds is 7. The van der Waals surface area contributed by atoms with Crippen LogP contribution >= 0.6 is 11.3 Å². The molecule has 1 unspecified atom stereocenters. The second kappa shape index (κ2) is 9.99. The van der Waals surface area contributed by atoms with Gasteiger partial charge in [0.05, 0.1) is 17.8 Å². The molecule has 3 aromatic heterocycles. The number of aromatic nitrogens is 3. The molecule has 4 rings (SSSR count). The summed E-state index contributed by atoms with van der Waals surface area (Å²) in [7, 11) is 1.83. The summed E-state index contributed by atoms with van der Waals surface area (Å²) in [5.74, 6) is 1.00. The van der Waals surface area contributed by atoms with Crippen molar-refractivity contribution in [3.8, 4) is 11.4 Å². The highest BCUT2D eigenvalue weighted by Gasteiger charge is 2.18. The zero-order valence-corrected chi connectivity index (χ0v) is 19.1. The third-order valence-corrected chi connectivity index (χ3v) is 6.17. The smallest absolute Gasteiger partial charge is 0.253 e. The van der Waals surface area contributed by atoms with E-state index < -0.39 is 0 Å². The normalized spacial score (nSPS) is 15.9. The van der Waals surface area contributed by atoms with E-state index in [9.17, 15) is 9.59 Å². The van der Waals surface area contributed by atoms with E-state index in [-0.39, 0.29) is 18.4 Å². The third-order valence-electron chi connectivity index (χ3n) is 5.41. The van der Waals surface area contributed by atoms with E-state index in [2.05, 4.69) is 27.4 Å². The lowest BCUT2D eigenvalue weighted by atomic mass is 10.0. The molecular formula is C22H26BN6O2S. The topological polar surface area (TPSA) is 92.2 Å². The third kappa shape index (κ3) is 5.37. The fourth-order valence-corrected chi connectivity index (χ4v) is 4.44. The van der Waals surface area contributed by atoms with E-state index in [1.54, 1.807) is 22.9 Å². The number of carbonyl (C=O) groups excluding carboxylic acids is 2. The summed E-state index contributed by atoms with van der Waals surface area (Å²) in [4.78, 5) is 36.0. The van der Waals surface area contributed by atoms with Crippen molar-refractivity contribution in [2.75, 3.05) is 29.9 Å². The van der Waals surface area contributed by atoms with Gasteiger partial charge in [0.2, 0.25) is 13.3 Å². The van der Waals surface area contributed by atoms with E-state index in [1.165, 1.54) is 24.2 Å². The number of anilines is 2. The van der Waals surface area contributed by atoms with Crippen molar-refractivity contribution >= 4 is 41.5 Å². The molecule has 0 saturated carbocycles. The Morgan fingerprint density at radius 2 is 2.12 bits per heavy atom. The molecular weight excluding hydrogens is 423 g/mol. The average Bonchev–Trinajstić information content (AvgIpc) is 3.47. The summed E-state index contributed by atoms with van der Waals surface area (Å²) in [6.45, 7) is 6.05. The quantitative estimate of drug-likeness (QED) is 0.541. The minimum absolute atomic E-state index is 0.129. The van der Waals surface area contributed by atoms with E-state index in [4.69, 9.17) is 4.98 Å². The molecule has 1 fully saturated rings. The summed E-state index contributed by atoms with van der Waals surface area (Å²) in [5, 5.41) is 7.72. The largest absolute Gasteiger partial charge is 0.402 e. The Balaban J connectivity index is 1.34. The van der Waals surface area contributed by atoms with Gasteiger partial charge in [0, 0.05) is 24.7 Å². The molecule has 0 bridgehead atoms. The molecule has 2 amide bonds. The number of pyridine rings is 1. The molecule has 8 nitrogen and oxygen atoms in total. The Bertz CT molecular complexity index is 1100. The van der Waals surface area contributed by atoms with Gasteiger partial charge in [-0.25, -0.2) is 9.97 Å². The summed E-state index contributed by atoms with van der Waals surface area (Å²) < 4.78 is 1.78. The second-order valence-corrected chi connectivity index (χ2v) is 8.81. The van der Waals surface area contributed by atoms with E-state index in [1.807, 2.05) is 37.8 Å².